The Hall–Kier alpha value is -3.12. The Bertz CT molecular complexity index is 868. The summed E-state index contributed by atoms with van der Waals surface area (Å²) in [5.41, 5.74) is 4.00. The highest BCUT2D eigenvalue weighted by Crippen LogP contribution is 2.22. The van der Waals surface area contributed by atoms with Gasteiger partial charge in [0.25, 0.3) is 0 Å². The van der Waals surface area contributed by atoms with Gasteiger partial charge in [0.15, 0.2) is 0 Å². The lowest BCUT2D eigenvalue weighted by molar-refractivity contribution is 0.205. The van der Waals surface area contributed by atoms with E-state index in [0.29, 0.717) is 12.6 Å². The highest BCUT2D eigenvalue weighted by molar-refractivity contribution is 5.62. The topological polar surface area (TPSA) is 62.3 Å². The zero-order valence-corrected chi connectivity index (χ0v) is 16.6. The lowest BCUT2D eigenvalue weighted by Gasteiger charge is -2.23. The zero-order valence-electron chi connectivity index (χ0n) is 16.6. The van der Waals surface area contributed by atoms with E-state index in [-0.39, 0.29) is 0 Å². The van der Waals surface area contributed by atoms with Gasteiger partial charge in [0.1, 0.15) is 5.82 Å². The molecule has 0 spiro atoms. The van der Waals surface area contributed by atoms with E-state index in [1.54, 1.807) is 7.11 Å². The van der Waals surface area contributed by atoms with Gasteiger partial charge in [-0.15, -0.1) is 0 Å². The van der Waals surface area contributed by atoms with E-state index in [0.717, 1.165) is 36.0 Å². The van der Waals surface area contributed by atoms with E-state index in [9.17, 15) is 0 Å². The zero-order chi connectivity index (χ0) is 19.8. The number of nitrogens with one attached hydrogen (secondary N) is 2. The molecule has 0 aliphatic carbocycles. The van der Waals surface area contributed by atoms with Crippen LogP contribution >= 0.6 is 0 Å². The fourth-order valence-corrected chi connectivity index (χ4v) is 2.91. The number of anilines is 5. The van der Waals surface area contributed by atoms with E-state index in [4.69, 9.17) is 4.74 Å². The SMILES string of the molecule is CCN(CCOC)c1ccc(Nc2nc(C)cc(Nc3ccccc3)n2)cc1. The molecule has 0 saturated heterocycles. The van der Waals surface area contributed by atoms with Crippen molar-refractivity contribution < 1.29 is 4.74 Å². The number of ether oxygens (including phenoxy) is 1. The van der Waals surface area contributed by atoms with Crippen molar-refractivity contribution in [3.05, 3.63) is 66.4 Å². The first-order chi connectivity index (χ1) is 13.7. The summed E-state index contributed by atoms with van der Waals surface area (Å²) >= 11 is 0. The van der Waals surface area contributed by atoms with Crippen LogP contribution in [0.25, 0.3) is 0 Å². The Balaban J connectivity index is 1.71. The lowest BCUT2D eigenvalue weighted by atomic mass is 10.2. The largest absolute Gasteiger partial charge is 0.383 e. The third-order valence-electron chi connectivity index (χ3n) is 4.34. The molecule has 146 valence electrons. The predicted octanol–water partition coefficient (Wildman–Crippen LogP) is 4.74. The summed E-state index contributed by atoms with van der Waals surface area (Å²) in [5.74, 6) is 1.33. The monoisotopic (exact) mass is 377 g/mol. The molecule has 0 fully saturated rings. The minimum Gasteiger partial charge on any atom is -0.383 e. The third kappa shape index (κ3) is 5.44. The van der Waals surface area contributed by atoms with Crippen molar-refractivity contribution in [2.24, 2.45) is 0 Å². The minimum absolute atomic E-state index is 0.568. The molecule has 0 atom stereocenters. The number of aromatic nitrogens is 2. The Morgan fingerprint density at radius 2 is 1.64 bits per heavy atom. The summed E-state index contributed by atoms with van der Waals surface area (Å²) in [4.78, 5) is 11.4. The second-order valence-electron chi connectivity index (χ2n) is 6.45. The van der Waals surface area contributed by atoms with Gasteiger partial charge in [0, 0.05) is 49.0 Å². The molecule has 3 rings (SSSR count). The first-order valence-electron chi connectivity index (χ1n) is 9.46. The molecule has 3 aromatic rings. The summed E-state index contributed by atoms with van der Waals surface area (Å²) < 4.78 is 5.19. The Kier molecular flexibility index (Phi) is 6.81. The first kappa shape index (κ1) is 19.6. The van der Waals surface area contributed by atoms with E-state index < -0.39 is 0 Å². The number of rotatable bonds is 9. The highest BCUT2D eigenvalue weighted by Gasteiger charge is 2.06. The second-order valence-corrected chi connectivity index (χ2v) is 6.45. The maximum Gasteiger partial charge on any atom is 0.229 e. The predicted molar refractivity (Wildman–Crippen MR) is 116 cm³/mol. The van der Waals surface area contributed by atoms with Gasteiger partial charge < -0.3 is 20.3 Å². The molecule has 0 bridgehead atoms. The molecule has 0 amide bonds. The fraction of sp³-hybridized carbons (Fsp3) is 0.273. The molecule has 1 heterocycles. The van der Waals surface area contributed by atoms with Crippen molar-refractivity contribution >= 4 is 28.8 Å². The third-order valence-corrected chi connectivity index (χ3v) is 4.34. The van der Waals surface area contributed by atoms with E-state index in [2.05, 4.69) is 44.6 Å². The maximum atomic E-state index is 5.19. The molecule has 2 N–H and O–H groups in total. The second kappa shape index (κ2) is 9.71. The fourth-order valence-electron chi connectivity index (χ4n) is 2.91. The molecular formula is C22H27N5O. The van der Waals surface area contributed by atoms with Gasteiger partial charge in [-0.25, -0.2) is 4.98 Å². The summed E-state index contributed by atoms with van der Waals surface area (Å²) in [7, 11) is 1.73. The van der Waals surface area contributed by atoms with Crippen LogP contribution in [0.5, 0.6) is 0 Å². The number of hydrogen-bond donors (Lipinski definition) is 2. The smallest absolute Gasteiger partial charge is 0.229 e. The molecule has 6 nitrogen and oxygen atoms in total. The average molecular weight is 377 g/mol. The van der Waals surface area contributed by atoms with E-state index >= 15 is 0 Å². The van der Waals surface area contributed by atoms with Crippen LogP contribution in [-0.4, -0.2) is 36.8 Å². The van der Waals surface area contributed by atoms with Crippen LogP contribution < -0.4 is 15.5 Å². The van der Waals surface area contributed by atoms with Gasteiger partial charge in [-0.2, -0.15) is 4.98 Å². The molecule has 28 heavy (non-hydrogen) atoms. The average Bonchev–Trinajstić information content (AvgIpc) is 2.70. The minimum atomic E-state index is 0.568. The lowest BCUT2D eigenvalue weighted by Crippen LogP contribution is -2.26. The first-order valence-corrected chi connectivity index (χ1v) is 9.46. The van der Waals surface area contributed by atoms with Crippen molar-refractivity contribution in [3.8, 4) is 0 Å². The number of hydrogen-bond acceptors (Lipinski definition) is 6. The van der Waals surface area contributed by atoms with Gasteiger partial charge in [0.05, 0.1) is 6.61 Å². The van der Waals surface area contributed by atoms with Crippen LogP contribution in [-0.2, 0) is 4.74 Å². The van der Waals surface area contributed by atoms with Crippen molar-refractivity contribution in [2.45, 2.75) is 13.8 Å². The molecule has 0 aliphatic heterocycles. The van der Waals surface area contributed by atoms with Crippen molar-refractivity contribution in [1.82, 2.24) is 9.97 Å². The quantitative estimate of drug-likeness (QED) is 0.561. The standard InChI is InChI=1S/C22H27N5O/c1-4-27(14-15-28-3)20-12-10-19(11-13-20)25-22-23-17(2)16-21(26-22)24-18-8-6-5-7-9-18/h5-13,16H,4,14-15H2,1-3H3,(H2,23,24,25,26). The van der Waals surface area contributed by atoms with Gasteiger partial charge in [0.2, 0.25) is 5.95 Å². The van der Waals surface area contributed by atoms with Crippen LogP contribution in [0, 0.1) is 6.92 Å². The molecule has 0 saturated carbocycles. The summed E-state index contributed by atoms with van der Waals surface area (Å²) in [5, 5.41) is 6.61. The Labute approximate surface area is 166 Å². The molecule has 6 heteroatoms. The van der Waals surface area contributed by atoms with Crippen LogP contribution in [0.15, 0.2) is 60.7 Å². The Morgan fingerprint density at radius 1 is 0.929 bits per heavy atom. The Morgan fingerprint density at radius 3 is 2.32 bits per heavy atom. The van der Waals surface area contributed by atoms with E-state index in [1.165, 1.54) is 5.69 Å². The van der Waals surface area contributed by atoms with Crippen LogP contribution in [0.1, 0.15) is 12.6 Å². The summed E-state index contributed by atoms with van der Waals surface area (Å²) in [6.45, 7) is 6.62. The number of nitrogens with zero attached hydrogens (tertiary/aromatic N) is 3. The normalized spacial score (nSPS) is 10.5. The van der Waals surface area contributed by atoms with Crippen molar-refractivity contribution in [2.75, 3.05) is 42.3 Å². The van der Waals surface area contributed by atoms with Gasteiger partial charge >= 0.3 is 0 Å². The summed E-state index contributed by atoms with van der Waals surface area (Å²) in [6.07, 6.45) is 0. The molecule has 1 aromatic heterocycles. The maximum absolute atomic E-state index is 5.19. The molecule has 2 aromatic carbocycles. The van der Waals surface area contributed by atoms with E-state index in [1.807, 2.05) is 55.5 Å². The van der Waals surface area contributed by atoms with Gasteiger partial charge in [-0.1, -0.05) is 18.2 Å². The number of benzene rings is 2. The molecule has 0 aliphatic rings. The van der Waals surface area contributed by atoms with Crippen molar-refractivity contribution in [3.63, 3.8) is 0 Å². The summed E-state index contributed by atoms with van der Waals surface area (Å²) in [6, 6.07) is 20.2. The number of methoxy groups -OCH3 is 1. The van der Waals surface area contributed by atoms with Gasteiger partial charge in [-0.05, 0) is 50.2 Å². The van der Waals surface area contributed by atoms with Crippen LogP contribution in [0.4, 0.5) is 28.8 Å². The molecular weight excluding hydrogens is 350 g/mol. The number of aryl methyl sites for hydroxylation is 1. The molecule has 0 unspecified atom stereocenters. The molecule has 0 radical (unpaired) electrons. The van der Waals surface area contributed by atoms with Crippen LogP contribution in [0.2, 0.25) is 0 Å². The highest BCUT2D eigenvalue weighted by atomic mass is 16.5. The van der Waals surface area contributed by atoms with Gasteiger partial charge in [-0.3, -0.25) is 0 Å². The number of likely N-dealkylation sites (N-methyl/N-ethyl adjacent to an activating group) is 1. The van der Waals surface area contributed by atoms with Crippen molar-refractivity contribution in [1.29, 1.82) is 0 Å². The van der Waals surface area contributed by atoms with Crippen LogP contribution in [0.3, 0.4) is 0 Å². The number of para-hydroxylation sites is 1.